The van der Waals surface area contributed by atoms with Gasteiger partial charge in [0.05, 0.1) is 28.9 Å². The van der Waals surface area contributed by atoms with Crippen molar-refractivity contribution >= 4 is 27.4 Å². The molecular weight excluding hydrogens is 300 g/mol. The van der Waals surface area contributed by atoms with Crippen LogP contribution in [0.4, 0.5) is 5.82 Å². The highest BCUT2D eigenvalue weighted by Gasteiger charge is 2.17. The molecule has 1 aromatic heterocycles. The molecule has 0 unspecified atom stereocenters. The summed E-state index contributed by atoms with van der Waals surface area (Å²) in [5.74, 6) is 0.0677. The third-order valence-corrected chi connectivity index (χ3v) is 4.16. The predicted molar refractivity (Wildman–Crippen MR) is 73.7 cm³/mol. The third-order valence-electron chi connectivity index (χ3n) is 2.45. The fourth-order valence-corrected chi connectivity index (χ4v) is 2.90. The molecule has 0 spiro atoms. The molecular formula is C12H9ClN4O2S. The fourth-order valence-electron chi connectivity index (χ4n) is 1.58. The molecule has 0 saturated carbocycles. The number of aryl methyl sites for hydroxylation is 1. The van der Waals surface area contributed by atoms with E-state index < -0.39 is 10.0 Å². The normalized spacial score (nSPS) is 10.8. The van der Waals surface area contributed by atoms with Gasteiger partial charge in [0.1, 0.15) is 5.15 Å². The summed E-state index contributed by atoms with van der Waals surface area (Å²) in [6.45, 7) is 1.61. The first-order chi connectivity index (χ1) is 9.42. The van der Waals surface area contributed by atoms with E-state index >= 15 is 0 Å². The number of benzene rings is 1. The van der Waals surface area contributed by atoms with Gasteiger partial charge in [-0.2, -0.15) is 5.26 Å². The Bertz CT molecular complexity index is 782. The highest BCUT2D eigenvalue weighted by Crippen LogP contribution is 2.19. The van der Waals surface area contributed by atoms with Crippen LogP contribution in [0, 0.1) is 18.3 Å². The van der Waals surface area contributed by atoms with Crippen molar-refractivity contribution in [3.8, 4) is 6.07 Å². The van der Waals surface area contributed by atoms with Crippen LogP contribution in [0.25, 0.3) is 0 Å². The lowest BCUT2D eigenvalue weighted by Crippen LogP contribution is -2.15. The molecule has 0 atom stereocenters. The monoisotopic (exact) mass is 308 g/mol. The number of hydrogen-bond acceptors (Lipinski definition) is 5. The van der Waals surface area contributed by atoms with Gasteiger partial charge in [-0.1, -0.05) is 11.6 Å². The van der Waals surface area contributed by atoms with Crippen LogP contribution in [0.2, 0.25) is 5.15 Å². The maximum absolute atomic E-state index is 12.2. The summed E-state index contributed by atoms with van der Waals surface area (Å²) >= 11 is 5.58. The molecule has 0 radical (unpaired) electrons. The van der Waals surface area contributed by atoms with Gasteiger partial charge < -0.3 is 0 Å². The van der Waals surface area contributed by atoms with E-state index in [2.05, 4.69) is 14.7 Å². The molecule has 0 aliphatic rings. The van der Waals surface area contributed by atoms with Gasteiger partial charge in [-0.25, -0.2) is 18.4 Å². The van der Waals surface area contributed by atoms with Crippen molar-refractivity contribution in [3.63, 3.8) is 0 Å². The van der Waals surface area contributed by atoms with E-state index in [1.807, 2.05) is 6.07 Å². The van der Waals surface area contributed by atoms with E-state index in [0.717, 1.165) is 0 Å². The Morgan fingerprint density at radius 3 is 2.60 bits per heavy atom. The Balaban J connectivity index is 2.36. The SMILES string of the molecule is Cc1cc(C#N)ccc1S(=O)(=O)Nc1cnc(Cl)cn1. The minimum absolute atomic E-state index is 0.0677. The van der Waals surface area contributed by atoms with Gasteiger partial charge in [-0.3, -0.25) is 4.72 Å². The summed E-state index contributed by atoms with van der Waals surface area (Å²) in [5, 5.41) is 8.94. The largest absolute Gasteiger partial charge is 0.263 e. The molecule has 1 N–H and O–H groups in total. The third kappa shape index (κ3) is 3.04. The van der Waals surface area contributed by atoms with Crippen LogP contribution in [0.15, 0.2) is 35.5 Å². The maximum atomic E-state index is 12.2. The number of anilines is 1. The van der Waals surface area contributed by atoms with Crippen molar-refractivity contribution in [1.29, 1.82) is 5.26 Å². The average molecular weight is 309 g/mol. The highest BCUT2D eigenvalue weighted by atomic mass is 35.5. The molecule has 0 amide bonds. The molecule has 20 heavy (non-hydrogen) atoms. The number of rotatable bonds is 3. The van der Waals surface area contributed by atoms with Gasteiger partial charge in [-0.15, -0.1) is 0 Å². The average Bonchev–Trinajstić information content (AvgIpc) is 2.40. The second-order valence-corrected chi connectivity index (χ2v) is 5.96. The molecule has 0 bridgehead atoms. The maximum Gasteiger partial charge on any atom is 0.263 e. The fraction of sp³-hybridized carbons (Fsp3) is 0.0833. The zero-order valence-corrected chi connectivity index (χ0v) is 11.9. The second-order valence-electron chi connectivity index (χ2n) is 3.92. The van der Waals surface area contributed by atoms with Gasteiger partial charge in [0.25, 0.3) is 10.0 Å². The molecule has 2 rings (SSSR count). The van der Waals surface area contributed by atoms with Gasteiger partial charge >= 0.3 is 0 Å². The molecule has 0 fully saturated rings. The lowest BCUT2D eigenvalue weighted by Gasteiger charge is -2.09. The van der Waals surface area contributed by atoms with Gasteiger partial charge in [0.2, 0.25) is 0 Å². The molecule has 8 heteroatoms. The van der Waals surface area contributed by atoms with Crippen LogP contribution in [0.3, 0.4) is 0 Å². The van der Waals surface area contributed by atoms with Crippen LogP contribution in [-0.4, -0.2) is 18.4 Å². The van der Waals surface area contributed by atoms with Crippen molar-refractivity contribution in [2.75, 3.05) is 4.72 Å². The van der Waals surface area contributed by atoms with Crippen LogP contribution < -0.4 is 4.72 Å². The Labute approximate surface area is 121 Å². The summed E-state index contributed by atoms with van der Waals surface area (Å²) in [6.07, 6.45) is 2.46. The Morgan fingerprint density at radius 2 is 2.05 bits per heavy atom. The van der Waals surface area contributed by atoms with Gasteiger partial charge in [-0.05, 0) is 30.7 Å². The Kier molecular flexibility index (Phi) is 3.88. The van der Waals surface area contributed by atoms with Crippen LogP contribution >= 0.6 is 11.6 Å². The molecule has 0 aliphatic carbocycles. The van der Waals surface area contributed by atoms with Crippen molar-refractivity contribution in [3.05, 3.63) is 46.9 Å². The molecule has 1 aromatic carbocycles. The topological polar surface area (TPSA) is 95.7 Å². The smallest absolute Gasteiger partial charge is 0.262 e. The quantitative estimate of drug-likeness (QED) is 0.936. The van der Waals surface area contributed by atoms with Crippen molar-refractivity contribution in [2.24, 2.45) is 0 Å². The first-order valence-electron chi connectivity index (χ1n) is 5.43. The van der Waals surface area contributed by atoms with Crippen LogP contribution in [-0.2, 0) is 10.0 Å². The minimum atomic E-state index is -3.79. The summed E-state index contributed by atoms with van der Waals surface area (Å²) in [6, 6.07) is 6.27. The summed E-state index contributed by atoms with van der Waals surface area (Å²) < 4.78 is 26.7. The van der Waals surface area contributed by atoms with Crippen molar-refractivity contribution in [2.45, 2.75) is 11.8 Å². The van der Waals surface area contributed by atoms with E-state index in [1.165, 1.54) is 30.6 Å². The van der Waals surface area contributed by atoms with Crippen molar-refractivity contribution in [1.82, 2.24) is 9.97 Å². The highest BCUT2D eigenvalue weighted by molar-refractivity contribution is 7.92. The molecule has 6 nitrogen and oxygen atoms in total. The number of nitriles is 1. The van der Waals surface area contributed by atoms with Gasteiger partial charge in [0.15, 0.2) is 5.82 Å². The van der Waals surface area contributed by atoms with E-state index in [0.29, 0.717) is 11.1 Å². The summed E-state index contributed by atoms with van der Waals surface area (Å²) in [4.78, 5) is 7.63. The first-order valence-corrected chi connectivity index (χ1v) is 7.29. The van der Waals surface area contributed by atoms with Crippen molar-refractivity contribution < 1.29 is 8.42 Å². The lowest BCUT2D eigenvalue weighted by molar-refractivity contribution is 0.600. The van der Waals surface area contributed by atoms with Crippen LogP contribution in [0.5, 0.6) is 0 Å². The summed E-state index contributed by atoms with van der Waals surface area (Å²) in [5.41, 5.74) is 0.867. The molecule has 2 aromatic rings. The number of aromatic nitrogens is 2. The number of halogens is 1. The first kappa shape index (κ1) is 14.2. The number of sulfonamides is 1. The molecule has 0 aliphatic heterocycles. The summed E-state index contributed by atoms with van der Waals surface area (Å²) in [7, 11) is -3.79. The van der Waals surface area contributed by atoms with E-state index in [4.69, 9.17) is 16.9 Å². The zero-order valence-electron chi connectivity index (χ0n) is 10.3. The van der Waals surface area contributed by atoms with E-state index in [-0.39, 0.29) is 15.9 Å². The Hall–Kier alpha value is -2.17. The number of nitrogens with zero attached hydrogens (tertiary/aromatic N) is 3. The molecule has 102 valence electrons. The number of nitrogens with one attached hydrogen (secondary N) is 1. The van der Waals surface area contributed by atoms with E-state index in [1.54, 1.807) is 6.92 Å². The van der Waals surface area contributed by atoms with Crippen LogP contribution in [0.1, 0.15) is 11.1 Å². The zero-order chi connectivity index (χ0) is 14.8. The minimum Gasteiger partial charge on any atom is -0.262 e. The van der Waals surface area contributed by atoms with E-state index in [9.17, 15) is 8.42 Å². The molecule has 1 heterocycles. The standard InChI is InChI=1S/C12H9ClN4O2S/c1-8-4-9(5-14)2-3-10(8)20(18,19)17-12-7-15-11(13)6-16-12/h2-4,6-7H,1H3,(H,16,17). The predicted octanol–water partition coefficient (Wildman–Crippen LogP) is 2.11. The second kappa shape index (κ2) is 5.45. The van der Waals surface area contributed by atoms with Gasteiger partial charge in [0, 0.05) is 0 Å². The molecule has 0 saturated heterocycles. The Morgan fingerprint density at radius 1 is 1.30 bits per heavy atom. The number of hydrogen-bond donors (Lipinski definition) is 1. The lowest BCUT2D eigenvalue weighted by atomic mass is 10.2.